The zero-order valence-electron chi connectivity index (χ0n) is 69.3. The van der Waals surface area contributed by atoms with Crippen molar-refractivity contribution >= 4 is 23.9 Å². The minimum Gasteiger partial charge on any atom is -0.466 e. The Morgan fingerprint density at radius 2 is 0.391 bits per heavy atom. The third kappa shape index (κ3) is 106. The Balaban J connectivity index is -0.000000682. The largest absolute Gasteiger partial charge is 0.466 e. The highest BCUT2D eigenvalue weighted by Crippen LogP contribution is 2.09. The second-order valence-electron chi connectivity index (χ2n) is 25.2. The first-order valence-electron chi connectivity index (χ1n) is 41.5. The van der Waals surface area contributed by atoms with Gasteiger partial charge in [-0.25, -0.2) is 0 Å². The molecule has 12 nitrogen and oxygen atoms in total. The van der Waals surface area contributed by atoms with Gasteiger partial charge in [-0.1, -0.05) is 308 Å². The molecule has 0 radical (unpaired) electrons. The van der Waals surface area contributed by atoms with Crippen molar-refractivity contribution in [3.63, 3.8) is 0 Å². The molecule has 0 saturated heterocycles. The molecule has 0 heterocycles. The van der Waals surface area contributed by atoms with Crippen LogP contribution in [-0.2, 0) is 38.1 Å². The van der Waals surface area contributed by atoms with Gasteiger partial charge < -0.3 is 39.4 Å². The summed E-state index contributed by atoms with van der Waals surface area (Å²) in [4.78, 5) is 45.1. The van der Waals surface area contributed by atoms with Gasteiger partial charge in [0.05, 0.1) is 26.4 Å². The molecule has 0 saturated carbocycles. The van der Waals surface area contributed by atoms with Gasteiger partial charge in [0.15, 0.2) is 0 Å². The number of aliphatic hydroxyl groups is 4. The number of carbonyl (C=O) groups is 4. The second-order valence-corrected chi connectivity index (χ2v) is 25.2. The van der Waals surface area contributed by atoms with E-state index < -0.39 is 18.8 Å². The first-order valence-corrected chi connectivity index (χ1v) is 41.5. The van der Waals surface area contributed by atoms with Crippen molar-refractivity contribution in [2.24, 2.45) is 0 Å². The Labute approximate surface area is 670 Å². The molecule has 4 N–H and O–H groups in total. The number of ether oxygens (including phenoxy) is 4. The van der Waals surface area contributed by atoms with Gasteiger partial charge in [0.1, 0.15) is 25.4 Å². The molecule has 0 rings (SSSR count). The summed E-state index contributed by atoms with van der Waals surface area (Å²) in [5, 5.41) is 35.4. The van der Waals surface area contributed by atoms with E-state index in [1.165, 1.54) is 0 Å². The molecule has 0 aromatic carbocycles. The lowest BCUT2D eigenvalue weighted by Gasteiger charge is -2.08. The van der Waals surface area contributed by atoms with Crippen molar-refractivity contribution in [2.75, 3.05) is 39.6 Å². The SMILES string of the molecule is CC/C=C\C/C=C\C/C=C\C/C=C\C/C=C\C/C=C\CCC(=O)OCC.CC/C=C\C/C=C\C/C=C\C/C=C\C/C=C\C/C=C\CCC(=O)OCC(O)CO.CC/C=C\C/C=C\C/C=C\C/C=C\C/C=C\CCCCCC(=O)OCC.CC/C=C\C/C=C\C/C=C\C/C=C\C/C=C\CCCCCC(=O)OCC(O)CO. The number of hydrogen-bond acceptors (Lipinski definition) is 12. The van der Waals surface area contributed by atoms with E-state index >= 15 is 0 Å². The Kier molecular flexibility index (Phi) is 99.5. The lowest BCUT2D eigenvalue weighted by molar-refractivity contribution is -0.148. The number of esters is 4. The molecule has 12 heteroatoms. The molecule has 0 aromatic heterocycles. The van der Waals surface area contributed by atoms with E-state index in [-0.39, 0.29) is 50.1 Å². The van der Waals surface area contributed by atoms with Gasteiger partial charge in [-0.3, -0.25) is 19.2 Å². The van der Waals surface area contributed by atoms with Crippen LogP contribution < -0.4 is 0 Å². The van der Waals surface area contributed by atoms with Crippen LogP contribution in [0, 0.1) is 0 Å². The lowest BCUT2D eigenvalue weighted by atomic mass is 10.1. The summed E-state index contributed by atoms with van der Waals surface area (Å²) in [6.45, 7) is 12.1. The summed E-state index contributed by atoms with van der Waals surface area (Å²) in [6.07, 6.45) is 127. The van der Waals surface area contributed by atoms with E-state index in [1.54, 1.807) is 0 Å². The molecular formula is C98H152O12. The second kappa shape index (κ2) is 101. The smallest absolute Gasteiger partial charge is 0.306 e. The Morgan fingerprint density at radius 3 is 0.591 bits per heavy atom. The Bertz CT molecular complexity index is 2760. The van der Waals surface area contributed by atoms with Gasteiger partial charge in [0.25, 0.3) is 0 Å². The fraction of sp³-hybridized carbons (Fsp3) is 0.510. The van der Waals surface area contributed by atoms with E-state index in [1.807, 2.05) is 32.1 Å². The van der Waals surface area contributed by atoms with E-state index in [9.17, 15) is 19.2 Å². The number of allylic oxidation sites excluding steroid dienone is 44. The number of unbranched alkanes of at least 4 members (excludes halogenated alkanes) is 6. The van der Waals surface area contributed by atoms with Crippen LogP contribution >= 0.6 is 0 Å². The molecule has 0 fully saturated rings. The quantitative estimate of drug-likeness (QED) is 0.0196. The van der Waals surface area contributed by atoms with Crippen LogP contribution in [0.3, 0.4) is 0 Å². The minimum atomic E-state index is -0.996. The Morgan fingerprint density at radius 1 is 0.218 bits per heavy atom. The van der Waals surface area contributed by atoms with Crippen molar-refractivity contribution in [3.8, 4) is 0 Å². The molecule has 616 valence electrons. The average molecular weight is 1520 g/mol. The van der Waals surface area contributed by atoms with Crippen molar-refractivity contribution in [3.05, 3.63) is 267 Å². The standard InChI is InChI=1S/C25H40O4.C25H38O4.C24H38O2.C24H36O2/c2*1-2-3-4-5-6-7-8-9-10-11-12-13-14-15-16-17-18-19-20-21-25(28)29-23-24(27)22-26;2*1-3-5-6-7-8-9-10-11-12-13-14-15-16-17-18-19-20-21-22-23-24(25)26-4-2/h3-4,6-7,9-10,12-13,15-16,24,26-27H,2,5,8,11,14,17-23H2,1H3;3-4,6-7,9-10,12-13,15-16,18-19,24,26-27H,2,5,8,11,14,17,20-23H2,1H3;5-6,8-9,11-12,14-15,17-18H,3-4,7,10,13,16,19-23H2,1-2H3;5-6,8-9,11-12,14-15,17-18,20-21H,3-4,7,10,13,16,19,22-23H2,1-2H3/b4-3-,7-6-,10-9-,13-12-,16-15-;4-3-,7-6-,10-9-,13-12-,16-15-,19-18-;6-5-,9-8-,12-11-,15-14-,18-17-;6-5-,9-8-,12-11-,15-14-,18-17-,21-20-. The van der Waals surface area contributed by atoms with E-state index in [4.69, 9.17) is 39.4 Å². The third-order valence-electron chi connectivity index (χ3n) is 14.9. The lowest BCUT2D eigenvalue weighted by Crippen LogP contribution is -2.21. The number of hydrogen-bond donors (Lipinski definition) is 4. The normalized spacial score (nSPS) is 13.3. The summed E-state index contributed by atoms with van der Waals surface area (Å²) < 4.78 is 19.4. The summed E-state index contributed by atoms with van der Waals surface area (Å²) in [5.41, 5.74) is 0. The molecule has 0 amide bonds. The van der Waals surface area contributed by atoms with Crippen LogP contribution in [-0.4, -0.2) is 96.2 Å². The third-order valence-corrected chi connectivity index (χ3v) is 14.9. The highest BCUT2D eigenvalue weighted by Gasteiger charge is 2.08. The van der Waals surface area contributed by atoms with Gasteiger partial charge in [-0.05, 0) is 206 Å². The molecule has 0 aliphatic carbocycles. The van der Waals surface area contributed by atoms with Gasteiger partial charge in [-0.15, -0.1) is 0 Å². The fourth-order valence-electron chi connectivity index (χ4n) is 8.93. The van der Waals surface area contributed by atoms with Crippen LogP contribution in [0.25, 0.3) is 0 Å². The number of rotatable bonds is 66. The molecular weight excluding hydrogens is 1370 g/mol. The Hall–Kier alpha value is -8.00. The summed E-state index contributed by atoms with van der Waals surface area (Å²) in [6, 6.07) is 0. The number of carbonyl (C=O) groups excluding carboxylic acids is 4. The molecule has 0 aliphatic rings. The number of aliphatic hydroxyl groups excluding tert-OH is 4. The fourth-order valence-corrected chi connectivity index (χ4v) is 8.93. The maximum absolute atomic E-state index is 11.4. The highest BCUT2D eigenvalue weighted by molar-refractivity contribution is 5.70. The first kappa shape index (κ1) is 108. The molecule has 0 spiro atoms. The van der Waals surface area contributed by atoms with Gasteiger partial charge in [0, 0.05) is 25.7 Å². The topological polar surface area (TPSA) is 186 Å². The van der Waals surface area contributed by atoms with Crippen LogP contribution in [0.1, 0.15) is 273 Å². The zero-order chi connectivity index (χ0) is 81.1. The molecule has 0 aliphatic heterocycles. The summed E-state index contributed by atoms with van der Waals surface area (Å²) >= 11 is 0. The molecule has 0 bridgehead atoms. The van der Waals surface area contributed by atoms with Crippen molar-refractivity contribution < 1.29 is 58.6 Å². The maximum Gasteiger partial charge on any atom is 0.306 e. The van der Waals surface area contributed by atoms with E-state index in [0.29, 0.717) is 38.9 Å². The van der Waals surface area contributed by atoms with Crippen LogP contribution in [0.5, 0.6) is 0 Å². The first-order chi connectivity index (χ1) is 54.0. The van der Waals surface area contributed by atoms with Gasteiger partial charge in [-0.2, -0.15) is 0 Å². The monoisotopic (exact) mass is 1520 g/mol. The molecule has 0 aromatic rings. The maximum atomic E-state index is 11.4. The van der Waals surface area contributed by atoms with Gasteiger partial charge in [0.2, 0.25) is 0 Å². The molecule has 110 heavy (non-hydrogen) atoms. The minimum absolute atomic E-state index is 0.0672. The van der Waals surface area contributed by atoms with E-state index in [0.717, 1.165) is 199 Å². The van der Waals surface area contributed by atoms with Crippen LogP contribution in [0.15, 0.2) is 267 Å². The van der Waals surface area contributed by atoms with E-state index in [2.05, 4.69) is 277 Å². The zero-order valence-corrected chi connectivity index (χ0v) is 69.3. The van der Waals surface area contributed by atoms with Crippen LogP contribution in [0.4, 0.5) is 0 Å². The van der Waals surface area contributed by atoms with Crippen molar-refractivity contribution in [1.29, 1.82) is 0 Å². The molecule has 2 atom stereocenters. The summed E-state index contributed by atoms with van der Waals surface area (Å²) in [5.74, 6) is -0.862. The summed E-state index contributed by atoms with van der Waals surface area (Å²) in [7, 11) is 0. The molecule has 2 unspecified atom stereocenters. The highest BCUT2D eigenvalue weighted by atomic mass is 16.6. The average Bonchev–Trinajstić information content (AvgIpc) is 1.16. The van der Waals surface area contributed by atoms with Crippen molar-refractivity contribution in [1.82, 2.24) is 0 Å². The van der Waals surface area contributed by atoms with Crippen molar-refractivity contribution in [2.45, 2.75) is 285 Å². The van der Waals surface area contributed by atoms with Gasteiger partial charge >= 0.3 is 23.9 Å². The predicted molar refractivity (Wildman–Crippen MR) is 471 cm³/mol. The van der Waals surface area contributed by atoms with Crippen LogP contribution in [0.2, 0.25) is 0 Å². The predicted octanol–water partition coefficient (Wildman–Crippen LogP) is 25.2.